The molecule has 1 aromatic rings. The lowest BCUT2D eigenvalue weighted by atomic mass is 9.92. The SMILES string of the molecule is C=CCOC(=O)NC(C)(C(=O)O)c1ccc(OC)cc1. The van der Waals surface area contributed by atoms with Crippen LogP contribution in [0, 0.1) is 0 Å². The number of rotatable bonds is 6. The quantitative estimate of drug-likeness (QED) is 0.777. The van der Waals surface area contributed by atoms with Crippen LogP contribution in [0.1, 0.15) is 12.5 Å². The van der Waals surface area contributed by atoms with Crippen molar-refractivity contribution >= 4 is 12.1 Å². The number of hydrogen-bond acceptors (Lipinski definition) is 4. The summed E-state index contributed by atoms with van der Waals surface area (Å²) in [5.74, 6) is -0.603. The minimum atomic E-state index is -1.59. The van der Waals surface area contributed by atoms with Gasteiger partial charge in [-0.05, 0) is 24.6 Å². The van der Waals surface area contributed by atoms with Crippen LogP contribution in [0.15, 0.2) is 36.9 Å². The summed E-state index contributed by atoms with van der Waals surface area (Å²) in [7, 11) is 1.51. The summed E-state index contributed by atoms with van der Waals surface area (Å²) in [5.41, 5.74) is -1.19. The predicted octanol–water partition coefficient (Wildman–Crippen LogP) is 1.91. The second-order valence-electron chi connectivity index (χ2n) is 4.17. The molecule has 0 spiro atoms. The first-order chi connectivity index (χ1) is 9.43. The van der Waals surface area contributed by atoms with Gasteiger partial charge in [0.15, 0.2) is 5.54 Å². The van der Waals surface area contributed by atoms with Gasteiger partial charge in [-0.2, -0.15) is 0 Å². The van der Waals surface area contributed by atoms with E-state index in [1.165, 1.54) is 20.1 Å². The van der Waals surface area contributed by atoms with Gasteiger partial charge in [0.25, 0.3) is 0 Å². The van der Waals surface area contributed by atoms with E-state index in [1.54, 1.807) is 24.3 Å². The number of benzene rings is 1. The molecule has 1 atom stereocenters. The molecule has 0 radical (unpaired) electrons. The molecule has 0 bridgehead atoms. The van der Waals surface area contributed by atoms with E-state index in [0.29, 0.717) is 11.3 Å². The van der Waals surface area contributed by atoms with Crippen molar-refractivity contribution in [3.05, 3.63) is 42.5 Å². The highest BCUT2D eigenvalue weighted by Crippen LogP contribution is 2.23. The Bertz CT molecular complexity index is 497. The molecule has 0 fully saturated rings. The van der Waals surface area contributed by atoms with Gasteiger partial charge in [0.05, 0.1) is 7.11 Å². The molecule has 0 heterocycles. The van der Waals surface area contributed by atoms with Gasteiger partial charge in [-0.1, -0.05) is 24.8 Å². The smallest absolute Gasteiger partial charge is 0.408 e. The number of nitrogens with one attached hydrogen (secondary N) is 1. The lowest BCUT2D eigenvalue weighted by molar-refractivity contribution is -0.144. The van der Waals surface area contributed by atoms with Crippen LogP contribution in [0.2, 0.25) is 0 Å². The van der Waals surface area contributed by atoms with Gasteiger partial charge < -0.3 is 19.9 Å². The summed E-state index contributed by atoms with van der Waals surface area (Å²) in [6, 6.07) is 6.38. The Labute approximate surface area is 117 Å². The molecule has 0 saturated heterocycles. The molecular weight excluding hydrogens is 262 g/mol. The largest absolute Gasteiger partial charge is 0.497 e. The van der Waals surface area contributed by atoms with E-state index in [1.807, 2.05) is 0 Å². The molecule has 1 unspecified atom stereocenters. The number of amides is 1. The number of ether oxygens (including phenoxy) is 2. The normalized spacial score (nSPS) is 12.9. The highest BCUT2D eigenvalue weighted by atomic mass is 16.5. The molecule has 0 saturated carbocycles. The van der Waals surface area contributed by atoms with E-state index in [0.717, 1.165) is 0 Å². The van der Waals surface area contributed by atoms with Crippen molar-refractivity contribution in [2.75, 3.05) is 13.7 Å². The number of hydrogen-bond donors (Lipinski definition) is 2. The molecule has 2 N–H and O–H groups in total. The monoisotopic (exact) mass is 279 g/mol. The van der Waals surface area contributed by atoms with Crippen molar-refractivity contribution in [3.63, 3.8) is 0 Å². The molecule has 0 aliphatic rings. The zero-order valence-corrected chi connectivity index (χ0v) is 11.4. The van der Waals surface area contributed by atoms with Crippen LogP contribution < -0.4 is 10.1 Å². The van der Waals surface area contributed by atoms with Crippen molar-refractivity contribution < 1.29 is 24.2 Å². The van der Waals surface area contributed by atoms with Gasteiger partial charge in [0, 0.05) is 0 Å². The second-order valence-corrected chi connectivity index (χ2v) is 4.17. The van der Waals surface area contributed by atoms with Crippen LogP contribution in [-0.4, -0.2) is 30.9 Å². The summed E-state index contributed by atoms with van der Waals surface area (Å²) in [6.45, 7) is 4.79. The van der Waals surface area contributed by atoms with Gasteiger partial charge in [-0.25, -0.2) is 9.59 Å². The summed E-state index contributed by atoms with van der Waals surface area (Å²) in [4.78, 5) is 23.0. The number of methoxy groups -OCH3 is 1. The molecule has 6 nitrogen and oxygen atoms in total. The zero-order chi connectivity index (χ0) is 15.2. The zero-order valence-electron chi connectivity index (χ0n) is 11.4. The van der Waals surface area contributed by atoms with Gasteiger partial charge >= 0.3 is 12.1 Å². The molecule has 0 aliphatic heterocycles. The molecule has 1 amide bonds. The molecule has 0 aliphatic carbocycles. The molecule has 108 valence electrons. The van der Waals surface area contributed by atoms with Crippen LogP contribution in [0.25, 0.3) is 0 Å². The van der Waals surface area contributed by atoms with Gasteiger partial charge in [0.1, 0.15) is 12.4 Å². The summed E-state index contributed by atoms with van der Waals surface area (Å²) < 4.78 is 9.75. The molecule has 0 aromatic heterocycles. The van der Waals surface area contributed by atoms with E-state index in [2.05, 4.69) is 11.9 Å². The fourth-order valence-corrected chi connectivity index (χ4v) is 1.55. The van der Waals surface area contributed by atoms with E-state index < -0.39 is 17.6 Å². The first-order valence-electron chi connectivity index (χ1n) is 5.87. The average molecular weight is 279 g/mol. The first kappa shape index (κ1) is 15.6. The third-order valence-corrected chi connectivity index (χ3v) is 2.78. The Morgan fingerprint density at radius 1 is 1.40 bits per heavy atom. The Hall–Kier alpha value is -2.50. The maximum Gasteiger partial charge on any atom is 0.408 e. The van der Waals surface area contributed by atoms with Crippen LogP contribution >= 0.6 is 0 Å². The number of aliphatic carboxylic acids is 1. The van der Waals surface area contributed by atoms with Crippen LogP contribution in [0.5, 0.6) is 5.75 Å². The maximum atomic E-state index is 11.5. The van der Waals surface area contributed by atoms with E-state index in [4.69, 9.17) is 9.47 Å². The van der Waals surface area contributed by atoms with Gasteiger partial charge in [0.2, 0.25) is 0 Å². The molecular formula is C14H17NO5. The highest BCUT2D eigenvalue weighted by Gasteiger charge is 2.37. The summed E-state index contributed by atoms with van der Waals surface area (Å²) in [6.07, 6.45) is 0.566. The Morgan fingerprint density at radius 3 is 2.45 bits per heavy atom. The fourth-order valence-electron chi connectivity index (χ4n) is 1.55. The Balaban J connectivity index is 2.98. The summed E-state index contributed by atoms with van der Waals surface area (Å²) >= 11 is 0. The topological polar surface area (TPSA) is 84.9 Å². The Kier molecular flexibility index (Phi) is 5.14. The van der Waals surface area contributed by atoms with Crippen molar-refractivity contribution in [1.82, 2.24) is 5.32 Å². The van der Waals surface area contributed by atoms with Crippen LogP contribution in [0.3, 0.4) is 0 Å². The van der Waals surface area contributed by atoms with E-state index in [9.17, 15) is 14.7 Å². The van der Waals surface area contributed by atoms with E-state index >= 15 is 0 Å². The Morgan fingerprint density at radius 2 is 2.00 bits per heavy atom. The third-order valence-electron chi connectivity index (χ3n) is 2.78. The minimum absolute atomic E-state index is 0.00411. The molecule has 1 aromatic carbocycles. The third kappa shape index (κ3) is 3.50. The molecule has 20 heavy (non-hydrogen) atoms. The number of carbonyl (C=O) groups excluding carboxylic acids is 1. The van der Waals surface area contributed by atoms with Gasteiger partial charge in [-0.3, -0.25) is 0 Å². The predicted molar refractivity (Wildman–Crippen MR) is 72.7 cm³/mol. The lowest BCUT2D eigenvalue weighted by Gasteiger charge is -2.26. The lowest BCUT2D eigenvalue weighted by Crippen LogP contribution is -2.49. The van der Waals surface area contributed by atoms with Crippen molar-refractivity contribution in [3.8, 4) is 5.75 Å². The molecule has 1 rings (SSSR count). The van der Waals surface area contributed by atoms with Crippen LogP contribution in [0.4, 0.5) is 4.79 Å². The van der Waals surface area contributed by atoms with E-state index in [-0.39, 0.29) is 6.61 Å². The van der Waals surface area contributed by atoms with Crippen molar-refractivity contribution in [2.45, 2.75) is 12.5 Å². The summed E-state index contributed by atoms with van der Waals surface area (Å²) in [5, 5.41) is 11.7. The molecule has 6 heteroatoms. The number of carboxylic acid groups (broad SMARTS) is 1. The number of alkyl carbamates (subject to hydrolysis) is 1. The van der Waals surface area contributed by atoms with Crippen molar-refractivity contribution in [1.29, 1.82) is 0 Å². The van der Waals surface area contributed by atoms with Gasteiger partial charge in [-0.15, -0.1) is 0 Å². The second kappa shape index (κ2) is 6.60. The maximum absolute atomic E-state index is 11.5. The standard InChI is InChI=1S/C14H17NO5/c1-4-9-20-13(18)15-14(2,12(16)17)10-5-7-11(19-3)8-6-10/h4-8H,1,9H2,2-3H3,(H,15,18)(H,16,17). The highest BCUT2D eigenvalue weighted by molar-refractivity contribution is 5.85. The van der Waals surface area contributed by atoms with Crippen LogP contribution in [-0.2, 0) is 15.1 Å². The minimum Gasteiger partial charge on any atom is -0.497 e. The number of carboxylic acids is 1. The average Bonchev–Trinajstić information content (AvgIpc) is 2.44. The fraction of sp³-hybridized carbons (Fsp3) is 0.286. The number of carbonyl (C=O) groups is 2. The first-order valence-corrected chi connectivity index (χ1v) is 5.87. The van der Waals surface area contributed by atoms with Crippen molar-refractivity contribution in [2.24, 2.45) is 0 Å².